The number of hydrogen-bond donors (Lipinski definition) is 3. The van der Waals surface area contributed by atoms with Gasteiger partial charge in [-0.25, -0.2) is 0 Å². The summed E-state index contributed by atoms with van der Waals surface area (Å²) in [6, 6.07) is 3.65. The zero-order valence-electron chi connectivity index (χ0n) is 10.4. The molecule has 1 rings (SSSR count). The summed E-state index contributed by atoms with van der Waals surface area (Å²) >= 11 is 0. The van der Waals surface area contributed by atoms with Crippen LogP contribution in [-0.4, -0.2) is 31.6 Å². The van der Waals surface area contributed by atoms with Gasteiger partial charge in [-0.15, -0.1) is 0 Å². The number of alkyl halides is 3. The lowest BCUT2D eigenvalue weighted by Crippen LogP contribution is -2.30. The Hall–Kier alpha value is -2.29. The number of carbonyl (C=O) groups excluding carboxylic acids is 2. The van der Waals surface area contributed by atoms with E-state index in [1.54, 1.807) is 5.32 Å². The lowest BCUT2D eigenvalue weighted by atomic mass is 10.2. The van der Waals surface area contributed by atoms with Crippen LogP contribution in [0.15, 0.2) is 18.2 Å². The summed E-state index contributed by atoms with van der Waals surface area (Å²) < 4.78 is 41.3. The fourth-order valence-corrected chi connectivity index (χ4v) is 1.29. The average Bonchev–Trinajstić information content (AvgIpc) is 2.37. The molecule has 0 aromatic heterocycles. The molecule has 1 aromatic rings. The smallest absolute Gasteiger partial charge is 0.471 e. The molecule has 20 heavy (non-hydrogen) atoms. The molecule has 0 saturated heterocycles. The van der Waals surface area contributed by atoms with E-state index in [0.29, 0.717) is 0 Å². The van der Waals surface area contributed by atoms with Crippen LogP contribution < -0.4 is 21.1 Å². The summed E-state index contributed by atoms with van der Waals surface area (Å²) in [7, 11) is 1.32. The molecule has 0 fully saturated rings. The Morgan fingerprint density at radius 2 is 1.95 bits per heavy atom. The van der Waals surface area contributed by atoms with Gasteiger partial charge in [0.15, 0.2) is 0 Å². The number of rotatable bonds is 4. The number of benzene rings is 1. The van der Waals surface area contributed by atoms with Crippen LogP contribution in [0.1, 0.15) is 0 Å². The van der Waals surface area contributed by atoms with Crippen molar-refractivity contribution in [1.29, 1.82) is 0 Å². The molecule has 0 heterocycles. The van der Waals surface area contributed by atoms with Gasteiger partial charge in [0, 0.05) is 5.69 Å². The standard InChI is InChI=1S/C11H12F3N3O3/c1-20-8-3-2-6(16-10(19)11(12,13)14)4-7(8)17-9(18)5-15/h2-4H,5,15H2,1H3,(H,16,19)(H,17,18). The first-order valence-electron chi connectivity index (χ1n) is 5.34. The SMILES string of the molecule is COc1ccc(NC(=O)C(F)(F)F)cc1NC(=O)CN. The molecular weight excluding hydrogens is 279 g/mol. The molecule has 1 aromatic carbocycles. The van der Waals surface area contributed by atoms with Crippen molar-refractivity contribution in [2.24, 2.45) is 5.73 Å². The quantitative estimate of drug-likeness (QED) is 0.774. The lowest BCUT2D eigenvalue weighted by Gasteiger charge is -2.13. The highest BCUT2D eigenvalue weighted by molar-refractivity contribution is 5.97. The van der Waals surface area contributed by atoms with Crippen LogP contribution >= 0.6 is 0 Å². The predicted molar refractivity (Wildman–Crippen MR) is 65.4 cm³/mol. The van der Waals surface area contributed by atoms with Gasteiger partial charge in [0.25, 0.3) is 0 Å². The fraction of sp³-hybridized carbons (Fsp3) is 0.273. The Balaban J connectivity index is 2.98. The Kier molecular flexibility index (Phi) is 4.92. The van der Waals surface area contributed by atoms with Crippen LogP contribution in [0.4, 0.5) is 24.5 Å². The Morgan fingerprint density at radius 3 is 2.45 bits per heavy atom. The van der Waals surface area contributed by atoms with Crippen LogP contribution in [0, 0.1) is 0 Å². The monoisotopic (exact) mass is 291 g/mol. The maximum absolute atomic E-state index is 12.1. The zero-order valence-corrected chi connectivity index (χ0v) is 10.4. The molecule has 0 saturated carbocycles. The fourth-order valence-electron chi connectivity index (χ4n) is 1.29. The molecule has 0 bridgehead atoms. The molecule has 0 aliphatic carbocycles. The molecular formula is C11H12F3N3O3. The summed E-state index contributed by atoms with van der Waals surface area (Å²) in [4.78, 5) is 22.0. The van der Waals surface area contributed by atoms with E-state index < -0.39 is 18.0 Å². The third-order valence-corrected chi connectivity index (χ3v) is 2.17. The van der Waals surface area contributed by atoms with E-state index in [1.165, 1.54) is 19.2 Å². The van der Waals surface area contributed by atoms with Gasteiger partial charge >= 0.3 is 12.1 Å². The van der Waals surface area contributed by atoms with Gasteiger partial charge in [0.2, 0.25) is 5.91 Å². The average molecular weight is 291 g/mol. The zero-order chi connectivity index (χ0) is 15.3. The molecule has 6 nitrogen and oxygen atoms in total. The third kappa shape index (κ3) is 4.12. The van der Waals surface area contributed by atoms with E-state index in [0.717, 1.165) is 6.07 Å². The first-order chi connectivity index (χ1) is 9.27. The summed E-state index contributed by atoms with van der Waals surface area (Å²) in [5.74, 6) is -2.45. The number of nitrogens with two attached hydrogens (primary N) is 1. The van der Waals surface area contributed by atoms with Crippen molar-refractivity contribution in [3.05, 3.63) is 18.2 Å². The first kappa shape index (κ1) is 15.8. The topological polar surface area (TPSA) is 93.5 Å². The molecule has 0 aliphatic rings. The van der Waals surface area contributed by atoms with E-state index in [1.807, 2.05) is 0 Å². The van der Waals surface area contributed by atoms with Gasteiger partial charge in [-0.2, -0.15) is 13.2 Å². The van der Waals surface area contributed by atoms with Crippen LogP contribution in [0.5, 0.6) is 5.75 Å². The second-order valence-electron chi connectivity index (χ2n) is 3.62. The van der Waals surface area contributed by atoms with Gasteiger partial charge in [-0.3, -0.25) is 9.59 Å². The summed E-state index contributed by atoms with van der Waals surface area (Å²) in [6.07, 6.45) is -5.00. The second kappa shape index (κ2) is 6.24. The van der Waals surface area contributed by atoms with Crippen molar-refractivity contribution >= 4 is 23.2 Å². The molecule has 0 atom stereocenters. The number of amides is 2. The molecule has 0 aliphatic heterocycles. The van der Waals surface area contributed by atoms with E-state index in [4.69, 9.17) is 10.5 Å². The van der Waals surface area contributed by atoms with Gasteiger partial charge in [0.1, 0.15) is 5.75 Å². The number of ether oxygens (including phenoxy) is 1. The lowest BCUT2D eigenvalue weighted by molar-refractivity contribution is -0.167. The van der Waals surface area contributed by atoms with Gasteiger partial charge in [0.05, 0.1) is 19.3 Å². The normalized spacial score (nSPS) is 10.8. The van der Waals surface area contributed by atoms with Crippen LogP contribution in [-0.2, 0) is 9.59 Å². The molecule has 110 valence electrons. The van der Waals surface area contributed by atoms with Crippen molar-refractivity contribution in [3.8, 4) is 5.75 Å². The van der Waals surface area contributed by atoms with E-state index >= 15 is 0 Å². The highest BCUT2D eigenvalue weighted by Crippen LogP contribution is 2.28. The summed E-state index contributed by atoms with van der Waals surface area (Å²) in [6.45, 7) is -0.303. The summed E-state index contributed by atoms with van der Waals surface area (Å²) in [5.41, 5.74) is 5.08. The molecule has 0 unspecified atom stereocenters. The third-order valence-electron chi connectivity index (χ3n) is 2.17. The van der Waals surface area contributed by atoms with E-state index in [-0.39, 0.29) is 23.7 Å². The minimum Gasteiger partial charge on any atom is -0.495 e. The molecule has 0 radical (unpaired) electrons. The maximum atomic E-state index is 12.1. The Morgan fingerprint density at radius 1 is 1.30 bits per heavy atom. The molecule has 2 amide bonds. The van der Waals surface area contributed by atoms with Crippen LogP contribution in [0.25, 0.3) is 0 Å². The van der Waals surface area contributed by atoms with E-state index in [9.17, 15) is 22.8 Å². The van der Waals surface area contributed by atoms with Gasteiger partial charge < -0.3 is 21.1 Å². The highest BCUT2D eigenvalue weighted by atomic mass is 19.4. The Labute approximate surface area is 112 Å². The van der Waals surface area contributed by atoms with Crippen molar-refractivity contribution in [2.45, 2.75) is 6.18 Å². The van der Waals surface area contributed by atoms with Gasteiger partial charge in [-0.1, -0.05) is 0 Å². The van der Waals surface area contributed by atoms with Crippen molar-refractivity contribution < 1.29 is 27.5 Å². The molecule has 4 N–H and O–H groups in total. The largest absolute Gasteiger partial charge is 0.495 e. The molecule has 0 spiro atoms. The number of nitrogens with one attached hydrogen (secondary N) is 2. The maximum Gasteiger partial charge on any atom is 0.471 e. The predicted octanol–water partition coefficient (Wildman–Crippen LogP) is 1.09. The van der Waals surface area contributed by atoms with Gasteiger partial charge in [-0.05, 0) is 18.2 Å². The number of hydrogen-bond acceptors (Lipinski definition) is 4. The first-order valence-corrected chi connectivity index (χ1v) is 5.34. The minimum absolute atomic E-state index is 0.0999. The van der Waals surface area contributed by atoms with Crippen molar-refractivity contribution in [2.75, 3.05) is 24.3 Å². The Bertz CT molecular complexity index is 517. The van der Waals surface area contributed by atoms with Crippen LogP contribution in [0.2, 0.25) is 0 Å². The molecule has 9 heteroatoms. The van der Waals surface area contributed by atoms with Crippen molar-refractivity contribution in [1.82, 2.24) is 0 Å². The number of carbonyl (C=O) groups is 2. The number of methoxy groups -OCH3 is 1. The number of anilines is 2. The number of halogens is 3. The van der Waals surface area contributed by atoms with E-state index in [2.05, 4.69) is 5.32 Å². The highest BCUT2D eigenvalue weighted by Gasteiger charge is 2.38. The van der Waals surface area contributed by atoms with Crippen molar-refractivity contribution in [3.63, 3.8) is 0 Å². The second-order valence-corrected chi connectivity index (χ2v) is 3.62. The summed E-state index contributed by atoms with van der Waals surface area (Å²) in [5, 5.41) is 4.00. The van der Waals surface area contributed by atoms with Crippen LogP contribution in [0.3, 0.4) is 0 Å². The minimum atomic E-state index is -5.00.